The number of fused-ring (bicyclic) bond motifs is 3. The van der Waals surface area contributed by atoms with Crippen molar-refractivity contribution in [3.63, 3.8) is 0 Å². The molecule has 0 amide bonds. The van der Waals surface area contributed by atoms with Crippen LogP contribution in [0.4, 0.5) is 17.1 Å². The third-order valence-electron chi connectivity index (χ3n) is 8.98. The SMILES string of the molecule is C(=C[Si](c1ccccc1)(c1ccccc1)c1ccccc1)c1ccc2c(c1)sc1cc(N(c3ccccc3)c3ccccc3)ccc12. The van der Waals surface area contributed by atoms with Gasteiger partial charge in [0.05, 0.1) is 0 Å². The quantitative estimate of drug-likeness (QED) is 0.119. The number of hydrogen-bond donors (Lipinski definition) is 0. The van der Waals surface area contributed by atoms with Gasteiger partial charge >= 0.3 is 0 Å². The highest BCUT2D eigenvalue weighted by Gasteiger charge is 2.36. The normalized spacial score (nSPS) is 11.7. The average molecular weight is 636 g/mol. The van der Waals surface area contributed by atoms with E-state index in [1.54, 1.807) is 0 Å². The molecular weight excluding hydrogens is 603 g/mol. The van der Waals surface area contributed by atoms with Gasteiger partial charge in [0, 0.05) is 37.2 Å². The number of benzene rings is 7. The van der Waals surface area contributed by atoms with E-state index in [9.17, 15) is 0 Å². The van der Waals surface area contributed by atoms with Crippen molar-refractivity contribution in [3.8, 4) is 0 Å². The summed E-state index contributed by atoms with van der Waals surface area (Å²) in [5.74, 6) is 0. The highest BCUT2D eigenvalue weighted by atomic mass is 32.1. The Morgan fingerprint density at radius 2 is 0.830 bits per heavy atom. The molecule has 0 aliphatic rings. The summed E-state index contributed by atoms with van der Waals surface area (Å²) < 4.78 is 2.59. The van der Waals surface area contributed by atoms with Crippen molar-refractivity contribution in [2.24, 2.45) is 0 Å². The number of anilines is 3. The van der Waals surface area contributed by atoms with Crippen molar-refractivity contribution in [2.75, 3.05) is 4.90 Å². The Hall–Kier alpha value is -5.48. The Kier molecular flexibility index (Phi) is 7.84. The Balaban J connectivity index is 1.23. The topological polar surface area (TPSA) is 3.24 Å². The lowest BCUT2D eigenvalue weighted by atomic mass is 10.1. The van der Waals surface area contributed by atoms with Gasteiger partial charge in [0.1, 0.15) is 0 Å². The predicted molar refractivity (Wildman–Crippen MR) is 207 cm³/mol. The van der Waals surface area contributed by atoms with Crippen LogP contribution in [0.2, 0.25) is 0 Å². The van der Waals surface area contributed by atoms with Gasteiger partial charge in [-0.1, -0.05) is 157 Å². The van der Waals surface area contributed by atoms with Crippen molar-refractivity contribution in [3.05, 3.63) is 199 Å². The van der Waals surface area contributed by atoms with Crippen LogP contribution in [0.3, 0.4) is 0 Å². The van der Waals surface area contributed by atoms with Crippen molar-refractivity contribution in [1.82, 2.24) is 0 Å². The lowest BCUT2D eigenvalue weighted by Crippen LogP contribution is -2.66. The fraction of sp³-hybridized carbons (Fsp3) is 0. The van der Waals surface area contributed by atoms with Gasteiger partial charge in [0.15, 0.2) is 8.07 Å². The highest BCUT2D eigenvalue weighted by Crippen LogP contribution is 2.40. The molecule has 0 aliphatic carbocycles. The van der Waals surface area contributed by atoms with E-state index in [-0.39, 0.29) is 0 Å². The number of rotatable bonds is 8. The summed E-state index contributed by atoms with van der Waals surface area (Å²) in [6.07, 6.45) is 2.36. The average Bonchev–Trinajstić information content (AvgIpc) is 3.51. The van der Waals surface area contributed by atoms with E-state index in [2.05, 4.69) is 205 Å². The molecule has 0 atom stereocenters. The van der Waals surface area contributed by atoms with Gasteiger partial charge < -0.3 is 4.90 Å². The second-order valence-corrected chi connectivity index (χ2v) is 16.5. The first-order chi connectivity index (χ1) is 23.3. The van der Waals surface area contributed by atoms with Crippen molar-refractivity contribution < 1.29 is 0 Å². The molecular formula is C44H33NSSi. The molecule has 7 aromatic carbocycles. The number of nitrogens with zero attached hydrogens (tertiary/aromatic N) is 1. The Bertz CT molecular complexity index is 2140. The molecule has 224 valence electrons. The maximum atomic E-state index is 2.52. The van der Waals surface area contributed by atoms with E-state index in [0.29, 0.717) is 0 Å². The first kappa shape index (κ1) is 29.0. The maximum absolute atomic E-state index is 2.52. The summed E-state index contributed by atoms with van der Waals surface area (Å²) in [6.45, 7) is 0. The largest absolute Gasteiger partial charge is 0.310 e. The van der Waals surface area contributed by atoms with E-state index in [0.717, 1.165) is 17.1 Å². The highest BCUT2D eigenvalue weighted by molar-refractivity contribution is 7.25. The molecule has 0 fully saturated rings. The van der Waals surface area contributed by atoms with Crippen LogP contribution in [0.5, 0.6) is 0 Å². The summed E-state index contributed by atoms with van der Waals surface area (Å²) >= 11 is 1.87. The maximum Gasteiger partial charge on any atom is 0.172 e. The molecule has 47 heavy (non-hydrogen) atoms. The molecule has 0 aliphatic heterocycles. The zero-order chi connectivity index (χ0) is 31.5. The predicted octanol–water partition coefficient (Wildman–Crippen LogP) is 10.2. The van der Waals surface area contributed by atoms with Crippen molar-refractivity contribution >= 4 is 78.3 Å². The van der Waals surface area contributed by atoms with Gasteiger partial charge in [-0.25, -0.2) is 0 Å². The van der Waals surface area contributed by atoms with Crippen LogP contribution in [0, 0.1) is 0 Å². The molecule has 0 bridgehead atoms. The van der Waals surface area contributed by atoms with E-state index in [1.807, 2.05) is 11.3 Å². The van der Waals surface area contributed by atoms with Crippen LogP contribution < -0.4 is 20.5 Å². The standard InChI is InChI=1S/C44H33NSSi/c1-6-16-35(17-7-1)45(36-18-8-2-9-19-36)37-27-29-42-41-28-26-34(32-43(41)46-44(42)33-37)30-31-47(38-20-10-3-11-21-38,39-22-12-4-13-23-39)40-24-14-5-15-25-40/h1-33H. The third kappa shape index (κ3) is 5.50. The van der Waals surface area contributed by atoms with Gasteiger partial charge in [-0.2, -0.15) is 0 Å². The zero-order valence-electron chi connectivity index (χ0n) is 25.9. The minimum Gasteiger partial charge on any atom is -0.310 e. The van der Waals surface area contributed by atoms with Crippen LogP contribution >= 0.6 is 11.3 Å². The van der Waals surface area contributed by atoms with Gasteiger partial charge in [0.2, 0.25) is 0 Å². The molecule has 8 aromatic rings. The second-order valence-electron chi connectivity index (χ2n) is 11.8. The van der Waals surface area contributed by atoms with Crippen LogP contribution in [0.15, 0.2) is 194 Å². The third-order valence-corrected chi connectivity index (χ3v) is 14.5. The van der Waals surface area contributed by atoms with Crippen LogP contribution in [-0.2, 0) is 0 Å². The molecule has 0 radical (unpaired) electrons. The molecule has 0 unspecified atom stereocenters. The Morgan fingerprint density at radius 1 is 0.404 bits per heavy atom. The zero-order valence-corrected chi connectivity index (χ0v) is 27.7. The molecule has 1 aromatic heterocycles. The van der Waals surface area contributed by atoms with E-state index >= 15 is 0 Å². The number of hydrogen-bond acceptors (Lipinski definition) is 2. The Morgan fingerprint density at radius 3 is 1.32 bits per heavy atom. The van der Waals surface area contributed by atoms with Crippen molar-refractivity contribution in [2.45, 2.75) is 0 Å². The first-order valence-corrected chi connectivity index (χ1v) is 18.9. The molecule has 0 saturated heterocycles. The van der Waals surface area contributed by atoms with Crippen LogP contribution in [0.1, 0.15) is 5.56 Å². The lowest BCUT2D eigenvalue weighted by Gasteiger charge is -2.30. The number of para-hydroxylation sites is 2. The summed E-state index contributed by atoms with van der Waals surface area (Å²) in [4.78, 5) is 2.33. The fourth-order valence-corrected chi connectivity index (χ4v) is 12.1. The smallest absolute Gasteiger partial charge is 0.172 e. The summed E-state index contributed by atoms with van der Waals surface area (Å²) in [5, 5.41) is 6.74. The van der Waals surface area contributed by atoms with Gasteiger partial charge in [0.25, 0.3) is 0 Å². The second kappa shape index (κ2) is 12.7. The van der Waals surface area contributed by atoms with Crippen LogP contribution in [0.25, 0.3) is 26.2 Å². The summed E-state index contributed by atoms with van der Waals surface area (Å²) in [7, 11) is -2.47. The summed E-state index contributed by atoms with van der Waals surface area (Å²) in [6, 6.07) is 68.2. The first-order valence-electron chi connectivity index (χ1n) is 16.0. The van der Waals surface area contributed by atoms with Crippen molar-refractivity contribution in [1.29, 1.82) is 0 Å². The van der Waals surface area contributed by atoms with E-state index in [1.165, 1.54) is 41.3 Å². The Labute approximate surface area is 281 Å². The molecule has 3 heteroatoms. The molecule has 1 heterocycles. The minimum atomic E-state index is -2.47. The minimum absolute atomic E-state index is 1.15. The molecule has 0 spiro atoms. The monoisotopic (exact) mass is 635 g/mol. The van der Waals surface area contributed by atoms with Gasteiger partial charge in [-0.15, -0.1) is 11.3 Å². The molecule has 0 N–H and O–H groups in total. The molecule has 0 saturated carbocycles. The molecule has 1 nitrogen and oxygen atoms in total. The van der Waals surface area contributed by atoms with E-state index < -0.39 is 8.07 Å². The van der Waals surface area contributed by atoms with Gasteiger partial charge in [-0.3, -0.25) is 0 Å². The van der Waals surface area contributed by atoms with Gasteiger partial charge in [-0.05, 0) is 63.6 Å². The van der Waals surface area contributed by atoms with E-state index in [4.69, 9.17) is 0 Å². The molecule has 8 rings (SSSR count). The summed E-state index contributed by atoms with van der Waals surface area (Å²) in [5.41, 5.74) is 7.20. The number of thiophene rings is 1. The van der Waals surface area contributed by atoms with Crippen LogP contribution in [-0.4, -0.2) is 8.07 Å². The lowest BCUT2D eigenvalue weighted by molar-refractivity contribution is 1.29. The fourth-order valence-electron chi connectivity index (χ4n) is 6.74.